The van der Waals surface area contributed by atoms with Crippen LogP contribution in [0.5, 0.6) is 0 Å². The zero-order valence-corrected chi connectivity index (χ0v) is 10.4. The van der Waals surface area contributed by atoms with Crippen molar-refractivity contribution < 1.29 is 19.4 Å². The topological polar surface area (TPSA) is 101 Å². The summed E-state index contributed by atoms with van der Waals surface area (Å²) >= 11 is 0. The molecular weight excluding hydrogens is 238 g/mol. The molecule has 0 amide bonds. The molecule has 0 bridgehead atoms. The molecule has 1 heterocycles. The number of aromatic nitrogens is 2. The second kappa shape index (κ2) is 5.95. The zero-order chi connectivity index (χ0) is 13.7. The van der Waals surface area contributed by atoms with Gasteiger partial charge in [0.1, 0.15) is 5.82 Å². The first-order valence-corrected chi connectivity index (χ1v) is 5.35. The number of hydrogen-bond donors (Lipinski definition) is 2. The van der Waals surface area contributed by atoms with Crippen LogP contribution in [-0.4, -0.2) is 40.2 Å². The van der Waals surface area contributed by atoms with Crippen LogP contribution in [0.1, 0.15) is 24.3 Å². The van der Waals surface area contributed by atoms with Crippen LogP contribution in [0, 0.1) is 5.92 Å². The predicted molar refractivity (Wildman–Crippen MR) is 63.3 cm³/mol. The average Bonchev–Trinajstić information content (AvgIpc) is 2.36. The van der Waals surface area contributed by atoms with Gasteiger partial charge in [0.25, 0.3) is 0 Å². The normalized spacial score (nSPS) is 13.5. The third kappa shape index (κ3) is 3.41. The molecule has 0 saturated heterocycles. The number of nitrogens with one attached hydrogen (secondary N) is 1. The van der Waals surface area contributed by atoms with Gasteiger partial charge in [0.05, 0.1) is 25.4 Å². The molecule has 0 aromatic carbocycles. The molecule has 0 radical (unpaired) electrons. The maximum Gasteiger partial charge on any atom is 0.358 e. The van der Waals surface area contributed by atoms with E-state index in [1.807, 2.05) is 0 Å². The monoisotopic (exact) mass is 253 g/mol. The summed E-state index contributed by atoms with van der Waals surface area (Å²) in [6.45, 7) is 3.29. The lowest BCUT2D eigenvalue weighted by molar-refractivity contribution is -0.141. The van der Waals surface area contributed by atoms with E-state index in [4.69, 9.17) is 5.11 Å². The van der Waals surface area contributed by atoms with E-state index in [1.54, 1.807) is 13.8 Å². The van der Waals surface area contributed by atoms with Gasteiger partial charge in [-0.05, 0) is 13.8 Å². The third-order valence-electron chi connectivity index (χ3n) is 2.54. The Morgan fingerprint density at radius 1 is 1.39 bits per heavy atom. The van der Waals surface area contributed by atoms with Crippen LogP contribution in [0.15, 0.2) is 12.4 Å². The van der Waals surface area contributed by atoms with Gasteiger partial charge in [-0.2, -0.15) is 0 Å². The van der Waals surface area contributed by atoms with Crippen molar-refractivity contribution in [2.24, 2.45) is 5.92 Å². The van der Waals surface area contributed by atoms with Crippen molar-refractivity contribution in [3.63, 3.8) is 0 Å². The highest BCUT2D eigenvalue weighted by Gasteiger charge is 2.20. The molecule has 1 aromatic heterocycles. The molecule has 0 saturated carbocycles. The molecule has 7 nitrogen and oxygen atoms in total. The summed E-state index contributed by atoms with van der Waals surface area (Å²) in [5.41, 5.74) is 0.0673. The van der Waals surface area contributed by atoms with Crippen molar-refractivity contribution >= 4 is 17.8 Å². The van der Waals surface area contributed by atoms with Gasteiger partial charge >= 0.3 is 11.9 Å². The Morgan fingerprint density at radius 2 is 2.06 bits per heavy atom. The first-order valence-electron chi connectivity index (χ1n) is 5.35. The van der Waals surface area contributed by atoms with E-state index in [1.165, 1.54) is 19.5 Å². The number of nitrogens with zero attached hydrogens (tertiary/aromatic N) is 2. The fraction of sp³-hybridized carbons (Fsp3) is 0.455. The van der Waals surface area contributed by atoms with E-state index in [0.29, 0.717) is 5.82 Å². The zero-order valence-electron chi connectivity index (χ0n) is 10.4. The Hall–Kier alpha value is -2.18. The number of carboxylic acid groups (broad SMARTS) is 1. The number of rotatable bonds is 5. The van der Waals surface area contributed by atoms with Crippen molar-refractivity contribution in [1.82, 2.24) is 9.97 Å². The highest BCUT2D eigenvalue weighted by atomic mass is 16.5. The fourth-order valence-corrected chi connectivity index (χ4v) is 1.21. The van der Waals surface area contributed by atoms with Gasteiger partial charge in [-0.1, -0.05) is 0 Å². The van der Waals surface area contributed by atoms with Crippen molar-refractivity contribution in [1.29, 1.82) is 0 Å². The van der Waals surface area contributed by atoms with Crippen molar-refractivity contribution in [2.75, 3.05) is 12.4 Å². The molecule has 2 N–H and O–H groups in total. The van der Waals surface area contributed by atoms with Crippen LogP contribution in [-0.2, 0) is 9.53 Å². The summed E-state index contributed by atoms with van der Waals surface area (Å²) < 4.78 is 4.52. The summed E-state index contributed by atoms with van der Waals surface area (Å²) in [5.74, 6) is -1.76. The Balaban J connectivity index is 2.79. The summed E-state index contributed by atoms with van der Waals surface area (Å²) in [4.78, 5) is 29.9. The van der Waals surface area contributed by atoms with E-state index in [-0.39, 0.29) is 11.7 Å². The standard InChI is InChI=1S/C11H15N3O4/c1-6(10(15)16)7(2)13-9-5-12-4-8(14-9)11(17)18-3/h4-7H,1-3H3,(H,13,14)(H,15,16). The minimum atomic E-state index is -0.910. The minimum Gasteiger partial charge on any atom is -0.481 e. The second-order valence-electron chi connectivity index (χ2n) is 3.84. The van der Waals surface area contributed by atoms with E-state index in [2.05, 4.69) is 20.0 Å². The fourth-order valence-electron chi connectivity index (χ4n) is 1.21. The predicted octanol–water partition coefficient (Wildman–Crippen LogP) is 0.784. The van der Waals surface area contributed by atoms with Crippen molar-refractivity contribution in [3.8, 4) is 0 Å². The number of ether oxygens (including phenoxy) is 1. The van der Waals surface area contributed by atoms with Gasteiger partial charge in [0.2, 0.25) is 0 Å². The molecule has 2 atom stereocenters. The highest BCUT2D eigenvalue weighted by Crippen LogP contribution is 2.10. The lowest BCUT2D eigenvalue weighted by Crippen LogP contribution is -2.30. The molecule has 7 heteroatoms. The molecule has 0 fully saturated rings. The summed E-state index contributed by atoms with van der Waals surface area (Å²) in [5, 5.41) is 11.7. The summed E-state index contributed by atoms with van der Waals surface area (Å²) in [6, 6.07) is -0.343. The smallest absolute Gasteiger partial charge is 0.358 e. The van der Waals surface area contributed by atoms with Gasteiger partial charge in [-0.25, -0.2) is 9.78 Å². The molecule has 98 valence electrons. The number of aliphatic carboxylic acids is 1. The van der Waals surface area contributed by atoms with Crippen LogP contribution in [0.3, 0.4) is 0 Å². The first-order chi connectivity index (χ1) is 8.45. The number of esters is 1. The second-order valence-corrected chi connectivity index (χ2v) is 3.84. The Labute approximate surface area is 104 Å². The van der Waals surface area contributed by atoms with E-state index in [9.17, 15) is 9.59 Å². The molecule has 2 unspecified atom stereocenters. The lowest BCUT2D eigenvalue weighted by atomic mass is 10.0. The number of carbonyl (C=O) groups excluding carboxylic acids is 1. The number of carboxylic acids is 1. The maximum atomic E-state index is 11.2. The number of anilines is 1. The van der Waals surface area contributed by atoms with Gasteiger partial charge in [-0.15, -0.1) is 0 Å². The molecule has 0 aliphatic rings. The van der Waals surface area contributed by atoms with Crippen molar-refractivity contribution in [2.45, 2.75) is 19.9 Å². The molecule has 1 rings (SSSR count). The molecule has 1 aromatic rings. The number of carbonyl (C=O) groups is 2. The molecule has 0 aliphatic heterocycles. The van der Waals surface area contributed by atoms with Crippen LogP contribution >= 0.6 is 0 Å². The van der Waals surface area contributed by atoms with Crippen molar-refractivity contribution in [3.05, 3.63) is 18.1 Å². The average molecular weight is 253 g/mol. The van der Waals surface area contributed by atoms with Crippen LogP contribution < -0.4 is 5.32 Å². The molecule has 0 spiro atoms. The van der Waals surface area contributed by atoms with Gasteiger partial charge < -0.3 is 15.2 Å². The third-order valence-corrected chi connectivity index (χ3v) is 2.54. The quantitative estimate of drug-likeness (QED) is 0.748. The summed E-state index contributed by atoms with van der Waals surface area (Å²) in [6.07, 6.45) is 2.69. The highest BCUT2D eigenvalue weighted by molar-refractivity contribution is 5.87. The summed E-state index contributed by atoms with van der Waals surface area (Å²) in [7, 11) is 1.25. The van der Waals surface area contributed by atoms with E-state index in [0.717, 1.165) is 0 Å². The molecule has 0 aliphatic carbocycles. The SMILES string of the molecule is COC(=O)c1cncc(NC(C)C(C)C(=O)O)n1. The number of hydrogen-bond acceptors (Lipinski definition) is 6. The van der Waals surface area contributed by atoms with Crippen LogP contribution in [0.4, 0.5) is 5.82 Å². The molecular formula is C11H15N3O4. The van der Waals surface area contributed by atoms with Gasteiger partial charge in [-0.3, -0.25) is 9.78 Å². The number of methoxy groups -OCH3 is 1. The maximum absolute atomic E-state index is 11.2. The largest absolute Gasteiger partial charge is 0.481 e. The molecule has 18 heavy (non-hydrogen) atoms. The van der Waals surface area contributed by atoms with Gasteiger partial charge in [0.15, 0.2) is 5.69 Å². The van der Waals surface area contributed by atoms with Gasteiger partial charge in [0, 0.05) is 6.04 Å². The van der Waals surface area contributed by atoms with Crippen LogP contribution in [0.2, 0.25) is 0 Å². The lowest BCUT2D eigenvalue weighted by Gasteiger charge is -2.18. The minimum absolute atomic E-state index is 0.0673. The first kappa shape index (κ1) is 13.9. The Bertz CT molecular complexity index is 450. The Morgan fingerprint density at radius 3 is 2.61 bits per heavy atom. The Kier molecular flexibility index (Phi) is 4.59. The van der Waals surface area contributed by atoms with E-state index >= 15 is 0 Å². The van der Waals surface area contributed by atoms with Crippen LogP contribution in [0.25, 0.3) is 0 Å². The van der Waals surface area contributed by atoms with E-state index < -0.39 is 17.9 Å².